The van der Waals surface area contributed by atoms with Crippen LogP contribution in [0.4, 0.5) is 5.69 Å². The van der Waals surface area contributed by atoms with E-state index >= 15 is 0 Å². The molecule has 130 valence electrons. The van der Waals surface area contributed by atoms with Crippen LogP contribution in [0.5, 0.6) is 0 Å². The molecule has 2 aromatic carbocycles. The molecule has 2 amide bonds. The number of aryl methyl sites for hydroxylation is 1. The molecule has 2 aromatic rings. The van der Waals surface area contributed by atoms with Crippen molar-refractivity contribution in [3.63, 3.8) is 0 Å². The summed E-state index contributed by atoms with van der Waals surface area (Å²) in [6.07, 6.45) is 1.65. The number of hydrazine groups is 1. The van der Waals surface area contributed by atoms with Crippen LogP contribution in [0, 0.1) is 6.92 Å². The fourth-order valence-electron chi connectivity index (χ4n) is 2.30. The van der Waals surface area contributed by atoms with Gasteiger partial charge in [-0.2, -0.15) is 0 Å². The third-order valence-electron chi connectivity index (χ3n) is 3.56. The van der Waals surface area contributed by atoms with Crippen LogP contribution in [-0.4, -0.2) is 18.4 Å². The van der Waals surface area contributed by atoms with Crippen LogP contribution in [0.15, 0.2) is 60.3 Å². The zero-order valence-electron chi connectivity index (χ0n) is 14.7. The van der Waals surface area contributed by atoms with Crippen LogP contribution in [0.25, 0.3) is 6.08 Å². The molecule has 0 unspecified atom stereocenters. The van der Waals surface area contributed by atoms with Gasteiger partial charge in [0, 0.05) is 13.5 Å². The molecule has 0 radical (unpaired) electrons. The van der Waals surface area contributed by atoms with E-state index in [2.05, 4.69) is 10.7 Å². The van der Waals surface area contributed by atoms with Crippen molar-refractivity contribution in [2.45, 2.75) is 20.8 Å². The number of anilines is 1. The Balaban J connectivity index is 2.21. The molecule has 2 N–H and O–H groups in total. The van der Waals surface area contributed by atoms with Gasteiger partial charge in [0.2, 0.25) is 5.91 Å². The van der Waals surface area contributed by atoms with Crippen molar-refractivity contribution in [1.29, 1.82) is 0 Å². The highest BCUT2D eigenvalue weighted by Crippen LogP contribution is 2.13. The van der Waals surface area contributed by atoms with E-state index in [4.69, 9.17) is 0 Å². The number of benzene rings is 2. The van der Waals surface area contributed by atoms with Crippen molar-refractivity contribution in [2.24, 2.45) is 0 Å². The lowest BCUT2D eigenvalue weighted by Gasteiger charge is -2.24. The van der Waals surface area contributed by atoms with E-state index in [1.165, 1.54) is 6.92 Å². The van der Waals surface area contributed by atoms with Gasteiger partial charge in [-0.05, 0) is 37.6 Å². The molecule has 0 atom stereocenters. The molecule has 0 heterocycles. The second-order valence-electron chi connectivity index (χ2n) is 5.67. The summed E-state index contributed by atoms with van der Waals surface area (Å²) < 4.78 is 0. The standard InChI is InChI=1S/C20H23N3O2/c1-4-23(18-12-10-15(2)11-13-18)22-20(25)19(21-16(3)24)14-17-8-6-5-7-9-17/h5-14H,4H2,1-3H3,(H,21,24)(H,22,25)/b19-14-. The van der Waals surface area contributed by atoms with Crippen LogP contribution in [0.2, 0.25) is 0 Å². The zero-order valence-corrected chi connectivity index (χ0v) is 14.7. The van der Waals surface area contributed by atoms with Gasteiger partial charge in [0.15, 0.2) is 0 Å². The molecular formula is C20H23N3O2. The minimum absolute atomic E-state index is 0.198. The van der Waals surface area contributed by atoms with Gasteiger partial charge in [-0.15, -0.1) is 0 Å². The Morgan fingerprint density at radius 2 is 1.68 bits per heavy atom. The van der Waals surface area contributed by atoms with E-state index in [0.29, 0.717) is 6.54 Å². The van der Waals surface area contributed by atoms with Gasteiger partial charge >= 0.3 is 0 Å². The summed E-state index contributed by atoms with van der Waals surface area (Å²) >= 11 is 0. The number of hydrogen-bond donors (Lipinski definition) is 2. The molecule has 0 saturated carbocycles. The Kier molecular flexibility index (Phi) is 6.34. The first-order valence-corrected chi connectivity index (χ1v) is 8.19. The topological polar surface area (TPSA) is 61.4 Å². The fraction of sp³-hybridized carbons (Fsp3) is 0.200. The van der Waals surface area contributed by atoms with Crippen molar-refractivity contribution in [1.82, 2.24) is 10.7 Å². The van der Waals surface area contributed by atoms with Crippen molar-refractivity contribution >= 4 is 23.6 Å². The molecule has 0 saturated heterocycles. The highest BCUT2D eigenvalue weighted by atomic mass is 16.2. The zero-order chi connectivity index (χ0) is 18.2. The molecule has 0 aliphatic rings. The second kappa shape index (κ2) is 8.68. The van der Waals surface area contributed by atoms with E-state index in [1.807, 2.05) is 68.4 Å². The van der Waals surface area contributed by atoms with Crippen LogP contribution >= 0.6 is 0 Å². The van der Waals surface area contributed by atoms with Crippen molar-refractivity contribution in [2.75, 3.05) is 11.6 Å². The van der Waals surface area contributed by atoms with E-state index in [9.17, 15) is 9.59 Å². The lowest BCUT2D eigenvalue weighted by molar-refractivity contribution is -0.122. The van der Waals surface area contributed by atoms with Gasteiger partial charge in [0.25, 0.3) is 5.91 Å². The predicted molar refractivity (Wildman–Crippen MR) is 101 cm³/mol. The lowest BCUT2D eigenvalue weighted by atomic mass is 10.2. The Labute approximate surface area is 148 Å². The minimum Gasteiger partial charge on any atom is -0.322 e. The number of nitrogens with one attached hydrogen (secondary N) is 2. The van der Waals surface area contributed by atoms with E-state index in [-0.39, 0.29) is 17.5 Å². The minimum atomic E-state index is -0.374. The highest BCUT2D eigenvalue weighted by Gasteiger charge is 2.14. The van der Waals surface area contributed by atoms with E-state index < -0.39 is 0 Å². The van der Waals surface area contributed by atoms with Gasteiger partial charge in [0.05, 0.1) is 5.69 Å². The molecule has 0 spiro atoms. The Morgan fingerprint density at radius 1 is 1.04 bits per heavy atom. The summed E-state index contributed by atoms with van der Waals surface area (Å²) in [5, 5.41) is 4.34. The summed E-state index contributed by atoms with van der Waals surface area (Å²) in [6, 6.07) is 17.2. The molecule has 0 aliphatic carbocycles. The number of hydrogen-bond acceptors (Lipinski definition) is 3. The van der Waals surface area contributed by atoms with Crippen LogP contribution < -0.4 is 15.8 Å². The fourth-order valence-corrected chi connectivity index (χ4v) is 2.30. The van der Waals surface area contributed by atoms with Crippen LogP contribution in [0.3, 0.4) is 0 Å². The average Bonchev–Trinajstić information content (AvgIpc) is 2.60. The molecule has 0 bridgehead atoms. The first-order chi connectivity index (χ1) is 12.0. The number of carbonyl (C=O) groups excluding carboxylic acids is 2. The summed E-state index contributed by atoms with van der Waals surface area (Å²) in [6.45, 7) is 5.92. The second-order valence-corrected chi connectivity index (χ2v) is 5.67. The lowest BCUT2D eigenvalue weighted by Crippen LogP contribution is -2.45. The van der Waals surface area contributed by atoms with Gasteiger partial charge in [-0.1, -0.05) is 48.0 Å². The average molecular weight is 337 g/mol. The van der Waals surface area contributed by atoms with Gasteiger partial charge in [-0.25, -0.2) is 0 Å². The molecule has 2 rings (SSSR count). The summed E-state index contributed by atoms with van der Waals surface area (Å²) in [5.74, 6) is -0.669. The van der Waals surface area contributed by atoms with Crippen LogP contribution in [-0.2, 0) is 9.59 Å². The van der Waals surface area contributed by atoms with E-state index in [1.54, 1.807) is 11.1 Å². The maximum absolute atomic E-state index is 12.7. The SMILES string of the molecule is CCN(NC(=O)/C(=C/c1ccccc1)NC(C)=O)c1ccc(C)cc1. The van der Waals surface area contributed by atoms with Crippen LogP contribution in [0.1, 0.15) is 25.0 Å². The summed E-state index contributed by atoms with van der Waals surface area (Å²) in [7, 11) is 0. The third-order valence-corrected chi connectivity index (χ3v) is 3.56. The maximum Gasteiger partial charge on any atom is 0.286 e. The Bertz CT molecular complexity index is 752. The molecule has 0 fully saturated rings. The third kappa shape index (κ3) is 5.49. The Morgan fingerprint density at radius 3 is 2.24 bits per heavy atom. The molecule has 5 nitrogen and oxygen atoms in total. The number of carbonyl (C=O) groups is 2. The number of rotatable bonds is 6. The smallest absolute Gasteiger partial charge is 0.286 e. The van der Waals surface area contributed by atoms with Crippen molar-refractivity contribution in [3.05, 3.63) is 71.4 Å². The highest BCUT2D eigenvalue weighted by molar-refractivity contribution is 6.01. The first kappa shape index (κ1) is 18.3. The molecule has 25 heavy (non-hydrogen) atoms. The van der Waals surface area contributed by atoms with Gasteiger partial charge in [-0.3, -0.25) is 20.0 Å². The van der Waals surface area contributed by atoms with Gasteiger partial charge < -0.3 is 5.32 Å². The van der Waals surface area contributed by atoms with Gasteiger partial charge in [0.1, 0.15) is 5.70 Å². The summed E-state index contributed by atoms with van der Waals surface area (Å²) in [4.78, 5) is 24.1. The van der Waals surface area contributed by atoms with Crippen molar-refractivity contribution in [3.8, 4) is 0 Å². The quantitative estimate of drug-likeness (QED) is 0.629. The first-order valence-electron chi connectivity index (χ1n) is 8.19. The predicted octanol–water partition coefficient (Wildman–Crippen LogP) is 3.03. The maximum atomic E-state index is 12.7. The normalized spacial score (nSPS) is 10.9. The van der Waals surface area contributed by atoms with Crippen molar-refractivity contribution < 1.29 is 9.59 Å². The molecule has 5 heteroatoms. The molecule has 0 aromatic heterocycles. The monoisotopic (exact) mass is 337 g/mol. The number of nitrogens with zero attached hydrogens (tertiary/aromatic N) is 1. The number of amides is 2. The van der Waals surface area contributed by atoms with E-state index in [0.717, 1.165) is 16.8 Å². The Hall–Kier alpha value is -3.08. The molecular weight excluding hydrogens is 314 g/mol. The molecule has 0 aliphatic heterocycles. The largest absolute Gasteiger partial charge is 0.322 e. The summed E-state index contributed by atoms with van der Waals surface area (Å²) in [5.41, 5.74) is 5.90.